The van der Waals surface area contributed by atoms with Crippen LogP contribution in [0.25, 0.3) is 0 Å². The normalized spacial score (nSPS) is 12.7. The first-order valence-corrected chi connectivity index (χ1v) is 14.0. The SMILES string of the molecule is COc1ccc(NC(=O)C(c2cccc(C)c2O)N(C(=O)C(Cc2ccc(O)cc2)NC(=O)OC(C)(C)C)C(C)C)cc1. The molecule has 3 rings (SSSR count). The molecule has 10 heteroatoms. The molecule has 4 N–H and O–H groups in total. The van der Waals surface area contributed by atoms with Crippen LogP contribution in [0, 0.1) is 6.92 Å². The predicted octanol–water partition coefficient (Wildman–Crippen LogP) is 5.47. The highest BCUT2D eigenvalue weighted by atomic mass is 16.6. The van der Waals surface area contributed by atoms with Gasteiger partial charge in [-0.3, -0.25) is 9.59 Å². The molecule has 0 saturated heterocycles. The van der Waals surface area contributed by atoms with Crippen molar-refractivity contribution >= 4 is 23.6 Å². The zero-order valence-electron chi connectivity index (χ0n) is 25.7. The smallest absolute Gasteiger partial charge is 0.408 e. The molecule has 0 aliphatic rings. The van der Waals surface area contributed by atoms with Crippen LogP contribution in [0.15, 0.2) is 66.7 Å². The second-order valence-electron chi connectivity index (χ2n) is 11.5. The topological polar surface area (TPSA) is 137 Å². The summed E-state index contributed by atoms with van der Waals surface area (Å²) in [6, 6.07) is 15.0. The lowest BCUT2D eigenvalue weighted by atomic mass is 9.96. The molecule has 0 spiro atoms. The van der Waals surface area contributed by atoms with E-state index < -0.39 is 41.6 Å². The fourth-order valence-electron chi connectivity index (χ4n) is 4.58. The van der Waals surface area contributed by atoms with E-state index in [-0.39, 0.29) is 23.5 Å². The highest BCUT2D eigenvalue weighted by Crippen LogP contribution is 2.34. The number of anilines is 1. The number of aromatic hydroxyl groups is 2. The first kappa shape index (κ1) is 32.8. The number of ether oxygens (including phenoxy) is 2. The van der Waals surface area contributed by atoms with Gasteiger partial charge < -0.3 is 35.2 Å². The number of phenols is 2. The molecule has 0 aliphatic carbocycles. The predicted molar refractivity (Wildman–Crippen MR) is 164 cm³/mol. The van der Waals surface area contributed by atoms with Crippen LogP contribution in [-0.2, 0) is 20.7 Å². The lowest BCUT2D eigenvalue weighted by Gasteiger charge is -2.37. The lowest BCUT2D eigenvalue weighted by Crippen LogP contribution is -2.55. The molecular weight excluding hydrogens is 550 g/mol. The number of carbonyl (C=O) groups is 3. The zero-order valence-corrected chi connectivity index (χ0v) is 25.7. The Morgan fingerprint density at radius 2 is 1.56 bits per heavy atom. The first-order valence-electron chi connectivity index (χ1n) is 14.0. The fraction of sp³-hybridized carbons (Fsp3) is 0.364. The van der Waals surface area contributed by atoms with Gasteiger partial charge in [-0.05, 0) is 89.1 Å². The van der Waals surface area contributed by atoms with Crippen molar-refractivity contribution in [3.8, 4) is 17.2 Å². The van der Waals surface area contributed by atoms with Crippen LogP contribution in [0.2, 0.25) is 0 Å². The summed E-state index contributed by atoms with van der Waals surface area (Å²) in [4.78, 5) is 42.7. The van der Waals surface area contributed by atoms with Gasteiger partial charge >= 0.3 is 6.09 Å². The van der Waals surface area contributed by atoms with Crippen LogP contribution >= 0.6 is 0 Å². The molecule has 0 radical (unpaired) electrons. The van der Waals surface area contributed by atoms with Gasteiger partial charge in [0, 0.05) is 23.7 Å². The Kier molecular flexibility index (Phi) is 10.6. The third-order valence-electron chi connectivity index (χ3n) is 6.62. The van der Waals surface area contributed by atoms with Gasteiger partial charge in [0.05, 0.1) is 7.11 Å². The van der Waals surface area contributed by atoms with Gasteiger partial charge in [-0.25, -0.2) is 4.79 Å². The number of hydrogen-bond donors (Lipinski definition) is 4. The Balaban J connectivity index is 2.08. The van der Waals surface area contributed by atoms with Crippen LogP contribution in [0.1, 0.15) is 57.4 Å². The molecule has 0 heterocycles. The van der Waals surface area contributed by atoms with E-state index in [2.05, 4.69) is 10.6 Å². The van der Waals surface area contributed by atoms with E-state index in [1.165, 1.54) is 24.1 Å². The number of phenolic OH excluding ortho intramolecular Hbond substituents is 2. The van der Waals surface area contributed by atoms with Crippen molar-refractivity contribution < 1.29 is 34.1 Å². The van der Waals surface area contributed by atoms with E-state index in [0.717, 1.165) is 0 Å². The second-order valence-corrected chi connectivity index (χ2v) is 11.5. The fourth-order valence-corrected chi connectivity index (χ4v) is 4.58. The lowest BCUT2D eigenvalue weighted by molar-refractivity contribution is -0.143. The Bertz CT molecular complexity index is 1410. The van der Waals surface area contributed by atoms with Crippen molar-refractivity contribution in [1.29, 1.82) is 0 Å². The van der Waals surface area contributed by atoms with Crippen molar-refractivity contribution in [2.45, 2.75) is 71.7 Å². The van der Waals surface area contributed by atoms with E-state index >= 15 is 0 Å². The number of amides is 3. The van der Waals surface area contributed by atoms with E-state index in [1.807, 2.05) is 0 Å². The summed E-state index contributed by atoms with van der Waals surface area (Å²) in [5, 5.41) is 26.4. The van der Waals surface area contributed by atoms with E-state index in [4.69, 9.17) is 9.47 Å². The van der Waals surface area contributed by atoms with Crippen LogP contribution < -0.4 is 15.4 Å². The Morgan fingerprint density at radius 1 is 0.930 bits per heavy atom. The Hall–Kier alpha value is -4.73. The highest BCUT2D eigenvalue weighted by molar-refractivity contribution is 5.99. The number of alkyl carbamates (subject to hydrolysis) is 1. The second kappa shape index (κ2) is 14.0. The molecule has 3 aromatic carbocycles. The number of rotatable bonds is 10. The van der Waals surface area contributed by atoms with Crippen LogP contribution in [-0.4, -0.2) is 57.8 Å². The van der Waals surface area contributed by atoms with Crippen LogP contribution in [0.3, 0.4) is 0 Å². The molecule has 230 valence electrons. The zero-order chi connectivity index (χ0) is 31.9. The van der Waals surface area contributed by atoms with Crippen molar-refractivity contribution in [3.05, 3.63) is 83.4 Å². The maximum absolute atomic E-state index is 14.4. The summed E-state index contributed by atoms with van der Waals surface area (Å²) in [6.45, 7) is 10.3. The van der Waals surface area contributed by atoms with Gasteiger partial charge in [-0.1, -0.05) is 30.3 Å². The maximum atomic E-state index is 14.4. The van der Waals surface area contributed by atoms with Crippen molar-refractivity contribution in [2.75, 3.05) is 12.4 Å². The summed E-state index contributed by atoms with van der Waals surface area (Å²) in [6.07, 6.45) is -0.750. The quantitative estimate of drug-likeness (QED) is 0.245. The minimum Gasteiger partial charge on any atom is -0.508 e. The third kappa shape index (κ3) is 8.88. The number of aryl methyl sites for hydroxylation is 1. The van der Waals surface area contributed by atoms with Gasteiger partial charge in [-0.15, -0.1) is 0 Å². The van der Waals surface area contributed by atoms with Crippen LogP contribution in [0.5, 0.6) is 17.2 Å². The minimum atomic E-state index is -1.27. The minimum absolute atomic E-state index is 0.0498. The van der Waals surface area contributed by atoms with Crippen LogP contribution in [0.4, 0.5) is 10.5 Å². The molecule has 10 nitrogen and oxygen atoms in total. The van der Waals surface area contributed by atoms with E-state index in [9.17, 15) is 24.6 Å². The molecule has 2 unspecified atom stereocenters. The summed E-state index contributed by atoms with van der Waals surface area (Å²) in [7, 11) is 1.54. The summed E-state index contributed by atoms with van der Waals surface area (Å²) in [5.74, 6) is -0.583. The van der Waals surface area contributed by atoms with Gasteiger partial charge in [0.15, 0.2) is 0 Å². The monoisotopic (exact) mass is 591 g/mol. The molecule has 0 bridgehead atoms. The molecule has 0 fully saturated rings. The molecule has 3 amide bonds. The summed E-state index contributed by atoms with van der Waals surface area (Å²) >= 11 is 0. The Labute approximate surface area is 252 Å². The molecule has 2 atom stereocenters. The number of para-hydroxylation sites is 1. The maximum Gasteiger partial charge on any atom is 0.408 e. The van der Waals surface area contributed by atoms with Crippen molar-refractivity contribution in [2.24, 2.45) is 0 Å². The molecule has 0 saturated carbocycles. The number of hydrogen-bond acceptors (Lipinski definition) is 7. The number of nitrogens with one attached hydrogen (secondary N) is 2. The van der Waals surface area contributed by atoms with E-state index in [0.29, 0.717) is 22.6 Å². The third-order valence-corrected chi connectivity index (χ3v) is 6.62. The largest absolute Gasteiger partial charge is 0.508 e. The average Bonchev–Trinajstić information content (AvgIpc) is 2.93. The summed E-state index contributed by atoms with van der Waals surface area (Å²) < 4.78 is 10.7. The summed E-state index contributed by atoms with van der Waals surface area (Å²) in [5.41, 5.74) is 1.07. The van der Waals surface area contributed by atoms with E-state index in [1.54, 1.807) is 96.1 Å². The standard InChI is InChI=1S/C33H41N3O7/c1-20(2)36(31(40)27(35-32(41)43-33(4,5)6)19-22-11-15-24(37)16-12-22)28(26-10-8-9-21(3)29(26)38)30(39)34-23-13-17-25(42-7)18-14-23/h8-18,20,27-28,37-38H,19H2,1-7H3,(H,34,39)(H,35,41). The number of carbonyl (C=O) groups excluding carboxylic acids is 3. The van der Waals surface area contributed by atoms with Crippen molar-refractivity contribution in [3.63, 3.8) is 0 Å². The average molecular weight is 592 g/mol. The molecule has 0 aromatic heterocycles. The van der Waals surface area contributed by atoms with Gasteiger partial charge in [0.2, 0.25) is 5.91 Å². The molecular formula is C33H41N3O7. The molecule has 43 heavy (non-hydrogen) atoms. The molecule has 0 aliphatic heterocycles. The molecule has 3 aromatic rings. The van der Waals surface area contributed by atoms with Gasteiger partial charge in [0.25, 0.3) is 5.91 Å². The number of benzene rings is 3. The van der Waals surface area contributed by atoms with Gasteiger partial charge in [0.1, 0.15) is 34.9 Å². The van der Waals surface area contributed by atoms with Crippen molar-refractivity contribution in [1.82, 2.24) is 10.2 Å². The number of methoxy groups -OCH3 is 1. The van der Waals surface area contributed by atoms with Gasteiger partial charge in [-0.2, -0.15) is 0 Å². The first-order chi connectivity index (χ1) is 20.2. The Morgan fingerprint density at radius 3 is 2.12 bits per heavy atom. The highest BCUT2D eigenvalue weighted by Gasteiger charge is 2.39. The number of nitrogens with zero attached hydrogens (tertiary/aromatic N) is 1.